The minimum atomic E-state index is -1.05. The second kappa shape index (κ2) is 9.51. The number of benzene rings is 1. The van der Waals surface area contributed by atoms with E-state index in [1.54, 1.807) is 18.8 Å². The average molecular weight is 479 g/mol. The summed E-state index contributed by atoms with van der Waals surface area (Å²) >= 11 is 0.898. The quantitative estimate of drug-likeness (QED) is 0.514. The van der Waals surface area contributed by atoms with Crippen molar-refractivity contribution in [2.24, 2.45) is 12.8 Å². The number of hydrogen-bond acceptors (Lipinski definition) is 8. The highest BCUT2D eigenvalue weighted by Crippen LogP contribution is 2.35. The van der Waals surface area contributed by atoms with E-state index >= 15 is 0 Å². The molecule has 0 spiro atoms. The normalized spacial score (nSPS) is 21.1. The van der Waals surface area contributed by atoms with E-state index in [-0.39, 0.29) is 39.5 Å². The van der Waals surface area contributed by atoms with Crippen LogP contribution in [0.3, 0.4) is 0 Å². The molecule has 5 N–H and O–H groups in total. The third-order valence-electron chi connectivity index (χ3n) is 5.59. The van der Waals surface area contributed by atoms with Gasteiger partial charge in [0.2, 0.25) is 0 Å². The fraction of sp³-hybridized carbons (Fsp3) is 0.381. The van der Waals surface area contributed by atoms with E-state index in [1.807, 2.05) is 0 Å². The van der Waals surface area contributed by atoms with E-state index in [4.69, 9.17) is 20.9 Å². The monoisotopic (exact) mass is 478 g/mol. The van der Waals surface area contributed by atoms with Crippen LogP contribution in [0.5, 0.6) is 0 Å². The Morgan fingerprint density at radius 1 is 1.36 bits per heavy atom. The number of thiazole rings is 1. The number of aryl methyl sites for hydroxylation is 1. The van der Waals surface area contributed by atoms with E-state index in [1.165, 1.54) is 18.3 Å². The number of aromatic nitrogens is 3. The molecule has 0 aliphatic carbocycles. The number of nitrogens with one attached hydrogen (secondary N) is 1. The van der Waals surface area contributed by atoms with Crippen LogP contribution in [-0.4, -0.2) is 46.5 Å². The van der Waals surface area contributed by atoms with Gasteiger partial charge in [-0.15, -0.1) is 0 Å². The maximum absolute atomic E-state index is 14.2. The summed E-state index contributed by atoms with van der Waals surface area (Å²) in [4.78, 5) is 17.1. The standard InChI is InChI=1S/C21H24F2N6O3S/c1-29-18(14-7-6-12(24)15(31-2)9-32-14)13(8-26-29)27-20(30)17-19(25)33-21(28-17)10-4-3-5-11(22)16(10)23/h3-5,8,12,14-15H,6-7,9,24-25H2,1-2H3,(H,27,30)/t12-,14+,15+/m1/s1. The first-order valence-corrected chi connectivity index (χ1v) is 11.1. The van der Waals surface area contributed by atoms with Crippen molar-refractivity contribution in [3.05, 3.63) is 47.4 Å². The topological polar surface area (TPSA) is 130 Å². The maximum Gasteiger partial charge on any atom is 0.277 e. The van der Waals surface area contributed by atoms with E-state index < -0.39 is 17.5 Å². The van der Waals surface area contributed by atoms with Crippen molar-refractivity contribution < 1.29 is 23.0 Å². The number of ether oxygens (including phenoxy) is 2. The molecule has 0 bridgehead atoms. The van der Waals surface area contributed by atoms with Gasteiger partial charge in [0.15, 0.2) is 17.3 Å². The summed E-state index contributed by atoms with van der Waals surface area (Å²) < 4.78 is 40.8. The van der Waals surface area contributed by atoms with Crippen LogP contribution >= 0.6 is 11.3 Å². The molecule has 0 saturated carbocycles. The number of hydrogen-bond donors (Lipinski definition) is 3. The van der Waals surface area contributed by atoms with Crippen LogP contribution < -0.4 is 16.8 Å². The zero-order chi connectivity index (χ0) is 23.7. The third-order valence-corrected chi connectivity index (χ3v) is 6.51. The molecule has 4 rings (SSSR count). The first kappa shape index (κ1) is 23.2. The number of nitrogen functional groups attached to an aromatic ring is 1. The Kier molecular flexibility index (Phi) is 6.70. The van der Waals surface area contributed by atoms with Gasteiger partial charge in [-0.25, -0.2) is 13.8 Å². The second-order valence-electron chi connectivity index (χ2n) is 7.69. The fourth-order valence-corrected chi connectivity index (χ4v) is 4.64. The van der Waals surface area contributed by atoms with Crippen LogP contribution in [0.2, 0.25) is 0 Å². The predicted molar refractivity (Wildman–Crippen MR) is 120 cm³/mol. The molecule has 0 unspecified atom stereocenters. The zero-order valence-corrected chi connectivity index (χ0v) is 18.9. The van der Waals surface area contributed by atoms with Gasteiger partial charge in [-0.2, -0.15) is 5.10 Å². The molecule has 12 heteroatoms. The molecule has 1 saturated heterocycles. The van der Waals surface area contributed by atoms with Crippen LogP contribution in [0.25, 0.3) is 10.6 Å². The number of nitrogens with two attached hydrogens (primary N) is 2. The smallest absolute Gasteiger partial charge is 0.277 e. The molecule has 2 aromatic heterocycles. The van der Waals surface area contributed by atoms with Crippen LogP contribution in [0.4, 0.5) is 19.5 Å². The summed E-state index contributed by atoms with van der Waals surface area (Å²) in [6, 6.07) is 3.58. The van der Waals surface area contributed by atoms with Crippen molar-refractivity contribution >= 4 is 27.9 Å². The van der Waals surface area contributed by atoms with E-state index in [9.17, 15) is 13.6 Å². The molecule has 1 fully saturated rings. The highest BCUT2D eigenvalue weighted by atomic mass is 32.1. The molecule has 1 aliphatic rings. The molecule has 3 heterocycles. The molecular weight excluding hydrogens is 454 g/mol. The Hall–Kier alpha value is -2.93. The number of methoxy groups -OCH3 is 1. The summed E-state index contributed by atoms with van der Waals surface area (Å²) in [7, 11) is 3.33. The van der Waals surface area contributed by atoms with Gasteiger partial charge < -0.3 is 26.3 Å². The fourth-order valence-electron chi connectivity index (χ4n) is 3.79. The van der Waals surface area contributed by atoms with Crippen molar-refractivity contribution in [1.82, 2.24) is 14.8 Å². The first-order chi connectivity index (χ1) is 15.8. The van der Waals surface area contributed by atoms with Gasteiger partial charge >= 0.3 is 0 Å². The van der Waals surface area contributed by atoms with Crippen molar-refractivity contribution in [1.29, 1.82) is 0 Å². The van der Waals surface area contributed by atoms with Crippen molar-refractivity contribution in [2.75, 3.05) is 24.8 Å². The Balaban J connectivity index is 1.57. The molecule has 3 atom stereocenters. The number of rotatable bonds is 5. The summed E-state index contributed by atoms with van der Waals surface area (Å²) in [5, 5.41) is 7.19. The van der Waals surface area contributed by atoms with Gasteiger partial charge in [-0.05, 0) is 25.0 Å². The van der Waals surface area contributed by atoms with Gasteiger partial charge in [0.1, 0.15) is 16.1 Å². The van der Waals surface area contributed by atoms with Crippen molar-refractivity contribution in [2.45, 2.75) is 31.1 Å². The predicted octanol–water partition coefficient (Wildman–Crippen LogP) is 2.85. The molecule has 3 aromatic rings. The first-order valence-electron chi connectivity index (χ1n) is 10.2. The molecule has 1 aliphatic heterocycles. The molecule has 33 heavy (non-hydrogen) atoms. The van der Waals surface area contributed by atoms with Gasteiger partial charge in [-0.3, -0.25) is 9.48 Å². The average Bonchev–Trinajstić information content (AvgIpc) is 3.28. The second-order valence-corrected chi connectivity index (χ2v) is 8.72. The molecule has 0 radical (unpaired) electrons. The van der Waals surface area contributed by atoms with Gasteiger partial charge in [-0.1, -0.05) is 17.4 Å². The molecular formula is C21H24F2N6O3S. The summed E-state index contributed by atoms with van der Waals surface area (Å²) in [5.41, 5.74) is 13.1. The molecule has 1 aromatic carbocycles. The van der Waals surface area contributed by atoms with E-state index in [2.05, 4.69) is 15.4 Å². The van der Waals surface area contributed by atoms with Crippen molar-refractivity contribution in [3.63, 3.8) is 0 Å². The lowest BCUT2D eigenvalue weighted by Crippen LogP contribution is -2.37. The Morgan fingerprint density at radius 2 is 2.15 bits per heavy atom. The Bertz CT molecular complexity index is 1170. The number of carbonyl (C=O) groups excluding carboxylic acids is 1. The summed E-state index contributed by atoms with van der Waals surface area (Å²) in [6.07, 6.45) is 2.21. The highest BCUT2D eigenvalue weighted by molar-refractivity contribution is 7.19. The minimum absolute atomic E-state index is 0.0660. The lowest BCUT2D eigenvalue weighted by atomic mass is 10.0. The van der Waals surface area contributed by atoms with E-state index in [0.29, 0.717) is 30.8 Å². The summed E-state index contributed by atoms with van der Waals surface area (Å²) in [6.45, 7) is 0.308. The largest absolute Gasteiger partial charge is 0.389 e. The lowest BCUT2D eigenvalue weighted by molar-refractivity contribution is -0.0211. The highest BCUT2D eigenvalue weighted by Gasteiger charge is 2.30. The van der Waals surface area contributed by atoms with Crippen LogP contribution in [0, 0.1) is 11.6 Å². The number of anilines is 2. The van der Waals surface area contributed by atoms with Crippen LogP contribution in [-0.2, 0) is 16.5 Å². The number of amides is 1. The number of carbonyl (C=O) groups is 1. The third kappa shape index (κ3) is 4.60. The lowest BCUT2D eigenvalue weighted by Gasteiger charge is -2.19. The van der Waals surface area contributed by atoms with E-state index in [0.717, 1.165) is 17.4 Å². The Labute approximate surface area is 192 Å². The molecule has 176 valence electrons. The minimum Gasteiger partial charge on any atom is -0.389 e. The maximum atomic E-state index is 14.2. The molecule has 9 nitrogen and oxygen atoms in total. The Morgan fingerprint density at radius 3 is 2.91 bits per heavy atom. The molecule has 1 amide bonds. The van der Waals surface area contributed by atoms with Gasteiger partial charge in [0.25, 0.3) is 5.91 Å². The zero-order valence-electron chi connectivity index (χ0n) is 18.0. The van der Waals surface area contributed by atoms with Crippen molar-refractivity contribution in [3.8, 4) is 10.6 Å². The number of halogens is 2. The van der Waals surface area contributed by atoms with Gasteiger partial charge in [0.05, 0.1) is 30.3 Å². The summed E-state index contributed by atoms with van der Waals surface area (Å²) in [5.74, 6) is -2.65. The number of nitrogens with zero attached hydrogens (tertiary/aromatic N) is 3. The van der Waals surface area contributed by atoms with Crippen LogP contribution in [0.1, 0.15) is 35.1 Å². The van der Waals surface area contributed by atoms with Crippen LogP contribution in [0.15, 0.2) is 24.4 Å². The SMILES string of the molecule is CO[C@H]1CO[C@H](c2c(NC(=O)c3nc(-c4cccc(F)c4F)sc3N)cnn2C)CC[C@H]1N. The van der Waals surface area contributed by atoms with Gasteiger partial charge in [0, 0.05) is 25.8 Å².